The van der Waals surface area contributed by atoms with Crippen LogP contribution in [-0.4, -0.2) is 35.5 Å². The van der Waals surface area contributed by atoms with Gasteiger partial charge < -0.3 is 19.8 Å². The second-order valence-electron chi connectivity index (χ2n) is 10.5. The standard InChI is InChI=1S/2C11H18O2/c1-11(2)8-3-7(5-12)9(6-13)10(11)4-8;1-11(2)7-5-9(11)8(3-4-12)10(13)6-7/h5,7-10,13H,3-4,6H2,1-2H3;4,7-10,13H,3,5-6H2,1-2H3/t7-,8+,9+,10+;7-,8-,9+,10+/m00/s1. The Morgan fingerprint density at radius 2 is 1.42 bits per heavy atom. The first-order valence-corrected chi connectivity index (χ1v) is 10.4. The first kappa shape index (κ1) is 20.0. The number of hydrogen-bond acceptors (Lipinski definition) is 4. The molecule has 0 aromatic rings. The van der Waals surface area contributed by atoms with E-state index in [4.69, 9.17) is 0 Å². The minimum Gasteiger partial charge on any atom is -0.396 e. The average molecular weight is 365 g/mol. The van der Waals surface area contributed by atoms with Crippen LogP contribution in [0.2, 0.25) is 0 Å². The van der Waals surface area contributed by atoms with Gasteiger partial charge in [0.25, 0.3) is 0 Å². The molecule has 6 rings (SSSR count). The van der Waals surface area contributed by atoms with Gasteiger partial charge >= 0.3 is 0 Å². The smallest absolute Gasteiger partial charge is 0.123 e. The van der Waals surface area contributed by atoms with E-state index in [1.54, 1.807) is 0 Å². The van der Waals surface area contributed by atoms with Crippen molar-refractivity contribution in [2.24, 2.45) is 52.3 Å². The Balaban J connectivity index is 0.000000151. The van der Waals surface area contributed by atoms with E-state index in [1.165, 1.54) is 12.8 Å². The fraction of sp³-hybridized carbons (Fsp3) is 0.909. The van der Waals surface area contributed by atoms with Gasteiger partial charge in [-0.05, 0) is 72.0 Å². The van der Waals surface area contributed by atoms with Crippen molar-refractivity contribution in [1.82, 2.24) is 0 Å². The molecule has 148 valence electrons. The normalized spacial score (nSPS) is 46.7. The molecule has 0 saturated heterocycles. The van der Waals surface area contributed by atoms with Crippen LogP contribution in [0, 0.1) is 52.3 Å². The zero-order valence-corrected chi connectivity index (χ0v) is 16.7. The van der Waals surface area contributed by atoms with Crippen molar-refractivity contribution in [3.63, 3.8) is 0 Å². The molecule has 6 saturated carbocycles. The second kappa shape index (κ2) is 7.01. The monoisotopic (exact) mass is 364 g/mol. The molecule has 0 amide bonds. The summed E-state index contributed by atoms with van der Waals surface area (Å²) in [4.78, 5) is 21.3. The predicted molar refractivity (Wildman–Crippen MR) is 100 cm³/mol. The Kier molecular flexibility index (Phi) is 5.40. The summed E-state index contributed by atoms with van der Waals surface area (Å²) in [6.07, 6.45) is 6.69. The van der Waals surface area contributed by atoms with Gasteiger partial charge in [0.05, 0.1) is 6.10 Å². The SMILES string of the molecule is CC1(C)[C@@H]2C[C@@H](C=O)[C@@H](CO)[C@H]1C2.CC1(C)[C@@H]2C[C@@H](O)[C@@H](CC=O)[C@H]1C2. The lowest BCUT2D eigenvalue weighted by Gasteiger charge is -2.61. The van der Waals surface area contributed by atoms with Crippen LogP contribution < -0.4 is 0 Å². The van der Waals surface area contributed by atoms with Crippen molar-refractivity contribution >= 4 is 12.6 Å². The Morgan fingerprint density at radius 3 is 1.88 bits per heavy atom. The molecule has 4 heteroatoms. The number of aldehydes is 2. The van der Waals surface area contributed by atoms with E-state index in [-0.39, 0.29) is 30.5 Å². The number of aliphatic hydroxyl groups excluding tert-OH is 2. The molecule has 0 radical (unpaired) electrons. The molecule has 4 nitrogen and oxygen atoms in total. The summed E-state index contributed by atoms with van der Waals surface area (Å²) >= 11 is 0. The van der Waals surface area contributed by atoms with Gasteiger partial charge in [0.15, 0.2) is 0 Å². The summed E-state index contributed by atoms with van der Waals surface area (Å²) in [6, 6.07) is 0. The summed E-state index contributed by atoms with van der Waals surface area (Å²) in [5.74, 6) is 3.15. The van der Waals surface area contributed by atoms with Gasteiger partial charge in [0, 0.05) is 18.9 Å². The number of hydrogen-bond donors (Lipinski definition) is 2. The lowest BCUT2D eigenvalue weighted by molar-refractivity contribution is -0.163. The lowest BCUT2D eigenvalue weighted by Crippen LogP contribution is -2.57. The van der Waals surface area contributed by atoms with Crippen LogP contribution in [0.1, 0.15) is 59.8 Å². The molecule has 6 fully saturated rings. The highest BCUT2D eigenvalue weighted by molar-refractivity contribution is 5.55. The maximum absolute atomic E-state index is 10.8. The van der Waals surface area contributed by atoms with Crippen molar-refractivity contribution in [2.45, 2.75) is 65.9 Å². The topological polar surface area (TPSA) is 74.6 Å². The van der Waals surface area contributed by atoms with Crippen LogP contribution in [0.15, 0.2) is 0 Å². The summed E-state index contributed by atoms with van der Waals surface area (Å²) in [6.45, 7) is 9.28. The molecule has 8 atom stereocenters. The average Bonchev–Trinajstić information content (AvgIpc) is 2.62. The minimum absolute atomic E-state index is 0.127. The first-order valence-electron chi connectivity index (χ1n) is 10.4. The Bertz CT molecular complexity index is 528. The third-order valence-corrected chi connectivity index (χ3v) is 9.01. The molecule has 0 aromatic carbocycles. The van der Waals surface area contributed by atoms with Crippen LogP contribution in [0.4, 0.5) is 0 Å². The molecular weight excluding hydrogens is 328 g/mol. The summed E-state index contributed by atoms with van der Waals surface area (Å²) in [5, 5.41) is 19.0. The van der Waals surface area contributed by atoms with Gasteiger partial charge in [0.2, 0.25) is 0 Å². The minimum atomic E-state index is -0.220. The van der Waals surface area contributed by atoms with E-state index in [2.05, 4.69) is 27.7 Å². The number of fused-ring (bicyclic) bond motifs is 4. The van der Waals surface area contributed by atoms with Crippen LogP contribution >= 0.6 is 0 Å². The van der Waals surface area contributed by atoms with Crippen molar-refractivity contribution in [2.75, 3.05) is 6.61 Å². The third-order valence-electron chi connectivity index (χ3n) is 9.01. The second-order valence-corrected chi connectivity index (χ2v) is 10.5. The van der Waals surface area contributed by atoms with Gasteiger partial charge in [-0.3, -0.25) is 0 Å². The Morgan fingerprint density at radius 1 is 0.885 bits per heavy atom. The number of rotatable bonds is 4. The quantitative estimate of drug-likeness (QED) is 0.752. The largest absolute Gasteiger partial charge is 0.396 e. The molecule has 2 N–H and O–H groups in total. The van der Waals surface area contributed by atoms with Crippen molar-refractivity contribution < 1.29 is 19.8 Å². The first-order chi connectivity index (χ1) is 12.2. The number of carbonyl (C=O) groups excluding carboxylic acids is 2. The molecule has 0 aromatic heterocycles. The molecule has 6 aliphatic carbocycles. The number of carbonyl (C=O) groups is 2. The molecular formula is C22H36O4. The van der Waals surface area contributed by atoms with Crippen LogP contribution in [-0.2, 0) is 9.59 Å². The highest BCUT2D eigenvalue weighted by atomic mass is 16.3. The molecule has 0 heterocycles. The number of aliphatic hydroxyl groups is 2. The predicted octanol–water partition coefficient (Wildman–Crippen LogP) is 3.09. The highest BCUT2D eigenvalue weighted by Crippen LogP contribution is 2.63. The molecule has 0 aliphatic heterocycles. The van der Waals surface area contributed by atoms with Crippen LogP contribution in [0.3, 0.4) is 0 Å². The van der Waals surface area contributed by atoms with E-state index in [9.17, 15) is 19.8 Å². The zero-order chi connectivity index (χ0) is 19.3. The van der Waals surface area contributed by atoms with E-state index in [0.717, 1.165) is 31.3 Å². The Labute approximate surface area is 157 Å². The van der Waals surface area contributed by atoms with E-state index < -0.39 is 0 Å². The molecule has 6 aliphatic rings. The molecule has 26 heavy (non-hydrogen) atoms. The van der Waals surface area contributed by atoms with E-state index >= 15 is 0 Å². The summed E-state index contributed by atoms with van der Waals surface area (Å²) in [5.41, 5.74) is 0.736. The van der Waals surface area contributed by atoms with Crippen LogP contribution in [0.25, 0.3) is 0 Å². The van der Waals surface area contributed by atoms with Crippen molar-refractivity contribution in [3.05, 3.63) is 0 Å². The lowest BCUT2D eigenvalue weighted by atomic mass is 9.43. The van der Waals surface area contributed by atoms with Gasteiger partial charge in [-0.2, -0.15) is 0 Å². The summed E-state index contributed by atoms with van der Waals surface area (Å²) in [7, 11) is 0. The van der Waals surface area contributed by atoms with Gasteiger partial charge in [-0.25, -0.2) is 0 Å². The maximum Gasteiger partial charge on any atom is 0.123 e. The molecule has 0 spiro atoms. The fourth-order valence-electron chi connectivity index (χ4n) is 6.75. The van der Waals surface area contributed by atoms with Gasteiger partial charge in [0.1, 0.15) is 12.6 Å². The summed E-state index contributed by atoms with van der Waals surface area (Å²) < 4.78 is 0. The zero-order valence-electron chi connectivity index (χ0n) is 16.7. The fourth-order valence-corrected chi connectivity index (χ4v) is 6.75. The Hall–Kier alpha value is -0.740. The van der Waals surface area contributed by atoms with E-state index in [1.807, 2.05) is 0 Å². The van der Waals surface area contributed by atoms with Crippen LogP contribution in [0.5, 0.6) is 0 Å². The van der Waals surface area contributed by atoms with Gasteiger partial charge in [-0.1, -0.05) is 27.7 Å². The van der Waals surface area contributed by atoms with E-state index in [0.29, 0.717) is 35.0 Å². The highest BCUT2D eigenvalue weighted by Gasteiger charge is 2.58. The third kappa shape index (κ3) is 2.97. The van der Waals surface area contributed by atoms with Crippen molar-refractivity contribution in [1.29, 1.82) is 0 Å². The van der Waals surface area contributed by atoms with Gasteiger partial charge in [-0.15, -0.1) is 0 Å². The molecule has 0 unspecified atom stereocenters. The maximum atomic E-state index is 10.8. The molecule has 4 bridgehead atoms. The van der Waals surface area contributed by atoms with Crippen molar-refractivity contribution in [3.8, 4) is 0 Å².